The summed E-state index contributed by atoms with van der Waals surface area (Å²) in [6, 6.07) is 3.34. The highest BCUT2D eigenvalue weighted by atomic mass is 16.4. The minimum absolute atomic E-state index is 0.0645. The van der Waals surface area contributed by atoms with Crippen LogP contribution in [0.25, 0.3) is 0 Å². The number of hydrogen-bond acceptors (Lipinski definition) is 5. The minimum Gasteiger partial charge on any atom is -0.508 e. The second-order valence-corrected chi connectivity index (χ2v) is 6.41. The van der Waals surface area contributed by atoms with Crippen LogP contribution in [0.3, 0.4) is 0 Å². The quantitative estimate of drug-likeness (QED) is 0.428. The average Bonchev–Trinajstić information content (AvgIpc) is 2.61. The molecule has 0 heterocycles. The highest BCUT2D eigenvalue weighted by Gasteiger charge is 2.28. The van der Waals surface area contributed by atoms with Gasteiger partial charge in [0.1, 0.15) is 17.8 Å². The van der Waals surface area contributed by atoms with E-state index in [1.54, 1.807) is 12.1 Å². The van der Waals surface area contributed by atoms with Crippen LogP contribution in [0.15, 0.2) is 24.3 Å². The monoisotopic (exact) mass is 365 g/mol. The molecule has 0 aromatic heterocycles. The van der Waals surface area contributed by atoms with Gasteiger partial charge in [0.25, 0.3) is 0 Å². The summed E-state index contributed by atoms with van der Waals surface area (Å²) in [7, 11) is 0. The molecule has 6 N–H and O–H groups in total. The third-order valence-corrected chi connectivity index (χ3v) is 4.30. The Morgan fingerprint density at radius 3 is 2.15 bits per heavy atom. The van der Waals surface area contributed by atoms with Crippen molar-refractivity contribution in [3.05, 3.63) is 29.8 Å². The standard InChI is InChI=1S/C18H27N3O5/c1-4-10(2)15(19)17(24)21-14(16(23)20-11(3)18(25)26)9-12-5-7-13(22)8-6-12/h5-8,10-11,14-15,22H,4,9,19H2,1-3H3,(H,20,23)(H,21,24)(H,25,26)/t10-,11-,14-,15-/m0/s1. The Morgan fingerprint density at radius 1 is 1.08 bits per heavy atom. The lowest BCUT2D eigenvalue weighted by atomic mass is 9.98. The zero-order chi connectivity index (χ0) is 19.9. The Labute approximate surface area is 152 Å². The number of rotatable bonds is 9. The molecule has 2 amide bonds. The van der Waals surface area contributed by atoms with E-state index < -0.39 is 35.9 Å². The molecule has 0 aliphatic carbocycles. The number of aliphatic carboxylic acids is 1. The van der Waals surface area contributed by atoms with Crippen molar-refractivity contribution in [3.8, 4) is 5.75 Å². The summed E-state index contributed by atoms with van der Waals surface area (Å²) >= 11 is 0. The van der Waals surface area contributed by atoms with Gasteiger partial charge in [-0.25, -0.2) is 0 Å². The maximum absolute atomic E-state index is 12.4. The molecular weight excluding hydrogens is 338 g/mol. The van der Waals surface area contributed by atoms with Crippen molar-refractivity contribution in [2.24, 2.45) is 11.7 Å². The Bertz CT molecular complexity index is 632. The van der Waals surface area contributed by atoms with Crippen LogP contribution >= 0.6 is 0 Å². The molecule has 0 fully saturated rings. The third-order valence-electron chi connectivity index (χ3n) is 4.30. The predicted molar refractivity (Wildman–Crippen MR) is 96.4 cm³/mol. The van der Waals surface area contributed by atoms with Crippen LogP contribution in [0.2, 0.25) is 0 Å². The summed E-state index contributed by atoms with van der Waals surface area (Å²) in [6.45, 7) is 5.09. The summed E-state index contributed by atoms with van der Waals surface area (Å²) in [5, 5.41) is 23.3. The number of nitrogens with two attached hydrogens (primary N) is 1. The van der Waals surface area contributed by atoms with Crippen LogP contribution in [-0.4, -0.2) is 46.1 Å². The second-order valence-electron chi connectivity index (χ2n) is 6.41. The molecule has 1 aromatic rings. The SMILES string of the molecule is CC[C@H](C)[C@H](N)C(=O)N[C@@H](Cc1ccc(O)cc1)C(=O)N[C@@H](C)C(=O)O. The number of carbonyl (C=O) groups excluding carboxylic acids is 2. The van der Waals surface area contributed by atoms with Gasteiger partial charge in [-0.15, -0.1) is 0 Å². The van der Waals surface area contributed by atoms with Crippen LogP contribution in [0.4, 0.5) is 0 Å². The maximum Gasteiger partial charge on any atom is 0.325 e. The lowest BCUT2D eigenvalue weighted by molar-refractivity contribution is -0.141. The fourth-order valence-corrected chi connectivity index (χ4v) is 2.23. The number of phenolic OH excluding ortho intramolecular Hbond substituents is 1. The van der Waals surface area contributed by atoms with Crippen molar-refractivity contribution >= 4 is 17.8 Å². The van der Waals surface area contributed by atoms with E-state index in [9.17, 15) is 19.5 Å². The Balaban J connectivity index is 2.93. The topological polar surface area (TPSA) is 142 Å². The van der Waals surface area contributed by atoms with Crippen molar-refractivity contribution < 1.29 is 24.6 Å². The lowest BCUT2D eigenvalue weighted by Crippen LogP contribution is -2.55. The first-order valence-corrected chi connectivity index (χ1v) is 8.52. The summed E-state index contributed by atoms with van der Waals surface area (Å²) < 4.78 is 0. The zero-order valence-electron chi connectivity index (χ0n) is 15.2. The normalized spacial score (nSPS) is 15.4. The van der Waals surface area contributed by atoms with Crippen LogP contribution in [0.1, 0.15) is 32.8 Å². The van der Waals surface area contributed by atoms with Crippen molar-refractivity contribution in [1.29, 1.82) is 0 Å². The minimum atomic E-state index is -1.18. The molecule has 144 valence electrons. The molecule has 0 aliphatic rings. The van der Waals surface area contributed by atoms with E-state index in [0.29, 0.717) is 12.0 Å². The van der Waals surface area contributed by atoms with Gasteiger partial charge < -0.3 is 26.6 Å². The van der Waals surface area contributed by atoms with Crippen molar-refractivity contribution in [1.82, 2.24) is 10.6 Å². The Morgan fingerprint density at radius 2 is 1.65 bits per heavy atom. The first kappa shape index (κ1) is 21.4. The van der Waals surface area contributed by atoms with E-state index in [-0.39, 0.29) is 18.1 Å². The highest BCUT2D eigenvalue weighted by molar-refractivity contribution is 5.91. The molecule has 26 heavy (non-hydrogen) atoms. The van der Waals surface area contributed by atoms with Crippen molar-refractivity contribution in [2.45, 2.75) is 51.7 Å². The molecule has 8 heteroatoms. The van der Waals surface area contributed by atoms with Gasteiger partial charge in [-0.1, -0.05) is 32.4 Å². The molecule has 0 aliphatic heterocycles. The van der Waals surface area contributed by atoms with Crippen LogP contribution in [0.5, 0.6) is 5.75 Å². The number of benzene rings is 1. The van der Waals surface area contributed by atoms with Crippen molar-refractivity contribution in [2.75, 3.05) is 0 Å². The van der Waals surface area contributed by atoms with E-state index in [0.717, 1.165) is 0 Å². The number of carbonyl (C=O) groups is 3. The first-order valence-electron chi connectivity index (χ1n) is 8.52. The Kier molecular flexibility index (Phi) is 8.05. The summed E-state index contributed by atoms with van der Waals surface area (Å²) in [5.74, 6) is -2.24. The molecule has 0 saturated carbocycles. The second kappa shape index (κ2) is 9.76. The molecular formula is C18H27N3O5. The highest BCUT2D eigenvalue weighted by Crippen LogP contribution is 2.12. The number of carboxylic acid groups (broad SMARTS) is 1. The number of phenols is 1. The summed E-state index contributed by atoms with van der Waals surface area (Å²) in [4.78, 5) is 35.8. The molecule has 0 saturated heterocycles. The van der Waals surface area contributed by atoms with Gasteiger partial charge in [-0.05, 0) is 30.5 Å². The Hall–Kier alpha value is -2.61. The molecule has 8 nitrogen and oxygen atoms in total. The fourth-order valence-electron chi connectivity index (χ4n) is 2.23. The van der Waals surface area contributed by atoms with Gasteiger partial charge >= 0.3 is 5.97 Å². The van der Waals surface area contributed by atoms with Gasteiger partial charge in [-0.2, -0.15) is 0 Å². The van der Waals surface area contributed by atoms with Gasteiger partial charge in [-0.3, -0.25) is 14.4 Å². The van der Waals surface area contributed by atoms with Crippen LogP contribution in [-0.2, 0) is 20.8 Å². The lowest BCUT2D eigenvalue weighted by Gasteiger charge is -2.24. The maximum atomic E-state index is 12.4. The van der Waals surface area contributed by atoms with Crippen LogP contribution < -0.4 is 16.4 Å². The van der Waals surface area contributed by atoms with Gasteiger partial charge in [0.15, 0.2) is 0 Å². The van der Waals surface area contributed by atoms with Gasteiger partial charge in [0, 0.05) is 6.42 Å². The predicted octanol–water partition coefficient (Wildman–Crippen LogP) is 0.382. The summed E-state index contributed by atoms with van der Waals surface area (Å²) in [6.07, 6.45) is 0.844. The smallest absolute Gasteiger partial charge is 0.325 e. The van der Waals surface area contributed by atoms with Gasteiger partial charge in [0.2, 0.25) is 11.8 Å². The molecule has 1 rings (SSSR count). The third kappa shape index (κ3) is 6.36. The van der Waals surface area contributed by atoms with E-state index in [4.69, 9.17) is 10.8 Å². The molecule has 0 spiro atoms. The number of nitrogens with one attached hydrogen (secondary N) is 2. The number of aromatic hydroxyl groups is 1. The largest absolute Gasteiger partial charge is 0.508 e. The van der Waals surface area contributed by atoms with E-state index in [2.05, 4.69) is 10.6 Å². The molecule has 0 radical (unpaired) electrons. The van der Waals surface area contributed by atoms with E-state index >= 15 is 0 Å². The molecule has 0 unspecified atom stereocenters. The fraction of sp³-hybridized carbons (Fsp3) is 0.500. The van der Waals surface area contributed by atoms with E-state index in [1.165, 1.54) is 19.1 Å². The molecule has 4 atom stereocenters. The average molecular weight is 365 g/mol. The zero-order valence-corrected chi connectivity index (χ0v) is 15.2. The summed E-state index contributed by atoms with van der Waals surface area (Å²) in [5.41, 5.74) is 6.61. The number of hydrogen-bond donors (Lipinski definition) is 5. The van der Waals surface area contributed by atoms with Crippen molar-refractivity contribution in [3.63, 3.8) is 0 Å². The molecule has 0 bridgehead atoms. The van der Waals surface area contributed by atoms with E-state index in [1.807, 2.05) is 13.8 Å². The first-order chi connectivity index (χ1) is 12.1. The van der Waals surface area contributed by atoms with Crippen LogP contribution in [0, 0.1) is 5.92 Å². The molecule has 1 aromatic carbocycles. The van der Waals surface area contributed by atoms with Gasteiger partial charge in [0.05, 0.1) is 6.04 Å². The number of carboxylic acids is 1. The number of amides is 2.